The zero-order valence-electron chi connectivity index (χ0n) is 11.6. The normalized spacial score (nSPS) is 23.3. The van der Waals surface area contributed by atoms with E-state index in [1.54, 1.807) is 10.9 Å². The maximum atomic E-state index is 12.1. The van der Waals surface area contributed by atoms with E-state index in [1.807, 2.05) is 18.7 Å². The number of nitrogens with zero attached hydrogens (tertiary/aromatic N) is 2. The number of nitrogens with two attached hydrogens (primary N) is 1. The van der Waals surface area contributed by atoms with E-state index >= 15 is 0 Å². The minimum absolute atomic E-state index is 0.141. The van der Waals surface area contributed by atoms with Gasteiger partial charge in [0.15, 0.2) is 5.69 Å². The molecule has 1 amide bonds. The molecule has 0 atom stereocenters. The average Bonchev–Trinajstić information content (AvgIpc) is 2.81. The van der Waals surface area contributed by atoms with E-state index in [0.717, 1.165) is 24.6 Å². The molecule has 6 heteroatoms. The lowest BCUT2D eigenvalue weighted by Gasteiger charge is -2.27. The summed E-state index contributed by atoms with van der Waals surface area (Å²) in [6.45, 7) is 2.69. The van der Waals surface area contributed by atoms with Crippen LogP contribution in [0.15, 0.2) is 6.20 Å². The Morgan fingerprint density at radius 1 is 1.53 bits per heavy atom. The SMILES string of the molecule is CCn1cc(N)c(C(=O)NC2CCC(SC)CC2)n1. The number of carbonyl (C=O) groups is 1. The maximum Gasteiger partial charge on any atom is 0.274 e. The zero-order chi connectivity index (χ0) is 13.8. The van der Waals surface area contributed by atoms with Gasteiger partial charge in [0.05, 0.1) is 5.69 Å². The van der Waals surface area contributed by atoms with Crippen molar-refractivity contribution in [3.63, 3.8) is 0 Å². The third-order valence-corrected chi connectivity index (χ3v) is 4.81. The quantitative estimate of drug-likeness (QED) is 0.884. The van der Waals surface area contributed by atoms with Crippen LogP contribution in [-0.4, -0.2) is 33.2 Å². The summed E-state index contributed by atoms with van der Waals surface area (Å²) in [5.41, 5.74) is 6.63. The van der Waals surface area contributed by atoms with Gasteiger partial charge in [0.25, 0.3) is 5.91 Å². The number of hydrogen-bond acceptors (Lipinski definition) is 4. The van der Waals surface area contributed by atoms with Crippen LogP contribution in [0.2, 0.25) is 0 Å². The molecule has 0 aliphatic heterocycles. The summed E-state index contributed by atoms with van der Waals surface area (Å²) in [5.74, 6) is -0.141. The van der Waals surface area contributed by atoms with Crippen molar-refractivity contribution in [2.24, 2.45) is 0 Å². The van der Waals surface area contributed by atoms with Crippen molar-refractivity contribution < 1.29 is 4.79 Å². The lowest BCUT2D eigenvalue weighted by atomic mass is 9.95. The van der Waals surface area contributed by atoms with Gasteiger partial charge in [-0.3, -0.25) is 9.48 Å². The van der Waals surface area contributed by atoms with Crippen molar-refractivity contribution >= 4 is 23.4 Å². The van der Waals surface area contributed by atoms with E-state index in [4.69, 9.17) is 5.73 Å². The van der Waals surface area contributed by atoms with E-state index in [1.165, 1.54) is 12.8 Å². The van der Waals surface area contributed by atoms with Crippen LogP contribution in [0.25, 0.3) is 0 Å². The first kappa shape index (κ1) is 14.2. The molecule has 5 nitrogen and oxygen atoms in total. The van der Waals surface area contributed by atoms with Crippen LogP contribution < -0.4 is 11.1 Å². The smallest absolute Gasteiger partial charge is 0.274 e. The highest BCUT2D eigenvalue weighted by molar-refractivity contribution is 7.99. The summed E-state index contributed by atoms with van der Waals surface area (Å²) in [5, 5.41) is 8.00. The minimum Gasteiger partial charge on any atom is -0.396 e. The van der Waals surface area contributed by atoms with E-state index in [2.05, 4.69) is 16.7 Å². The van der Waals surface area contributed by atoms with Crippen molar-refractivity contribution in [1.82, 2.24) is 15.1 Å². The summed E-state index contributed by atoms with van der Waals surface area (Å²) in [6, 6.07) is 0.266. The summed E-state index contributed by atoms with van der Waals surface area (Å²) in [6.07, 6.45) is 8.30. The Labute approximate surface area is 118 Å². The van der Waals surface area contributed by atoms with Crippen LogP contribution >= 0.6 is 11.8 Å². The van der Waals surface area contributed by atoms with Crippen molar-refractivity contribution in [1.29, 1.82) is 0 Å². The average molecular weight is 282 g/mol. The van der Waals surface area contributed by atoms with Gasteiger partial charge in [0, 0.05) is 24.0 Å². The molecule has 0 unspecified atom stereocenters. The van der Waals surface area contributed by atoms with Gasteiger partial charge in [0.1, 0.15) is 0 Å². The number of nitrogen functional groups attached to an aromatic ring is 1. The number of amides is 1. The number of carbonyl (C=O) groups excluding carboxylic acids is 1. The number of aromatic nitrogens is 2. The van der Waals surface area contributed by atoms with Gasteiger partial charge in [-0.05, 0) is 38.9 Å². The number of anilines is 1. The molecule has 0 bridgehead atoms. The van der Waals surface area contributed by atoms with Crippen molar-refractivity contribution in [2.75, 3.05) is 12.0 Å². The fourth-order valence-corrected chi connectivity index (χ4v) is 3.22. The van der Waals surface area contributed by atoms with Gasteiger partial charge in [0.2, 0.25) is 0 Å². The molecule has 1 fully saturated rings. The standard InChI is InChI=1S/C13H22N4OS/c1-3-17-8-11(14)12(16-17)13(18)15-9-4-6-10(19-2)7-5-9/h8-10H,3-7,14H2,1-2H3,(H,15,18). The molecule has 1 aromatic heterocycles. The number of hydrogen-bond donors (Lipinski definition) is 2. The summed E-state index contributed by atoms with van der Waals surface area (Å²) >= 11 is 1.92. The van der Waals surface area contributed by atoms with Gasteiger partial charge >= 0.3 is 0 Å². The molecule has 0 spiro atoms. The van der Waals surface area contributed by atoms with Gasteiger partial charge in [-0.25, -0.2) is 0 Å². The van der Waals surface area contributed by atoms with E-state index in [0.29, 0.717) is 11.4 Å². The molecule has 1 saturated carbocycles. The second-order valence-corrected chi connectivity index (χ2v) is 6.11. The Hall–Kier alpha value is -1.17. The zero-order valence-corrected chi connectivity index (χ0v) is 12.4. The highest BCUT2D eigenvalue weighted by Crippen LogP contribution is 2.27. The largest absolute Gasteiger partial charge is 0.396 e. The fourth-order valence-electron chi connectivity index (χ4n) is 2.47. The van der Waals surface area contributed by atoms with Crippen LogP contribution in [0, 0.1) is 0 Å². The molecule has 1 aliphatic carbocycles. The second kappa shape index (κ2) is 6.32. The molecule has 106 valence electrons. The lowest BCUT2D eigenvalue weighted by molar-refractivity contribution is 0.0923. The molecule has 19 heavy (non-hydrogen) atoms. The molecule has 2 rings (SSSR count). The molecule has 0 aromatic carbocycles. The highest BCUT2D eigenvalue weighted by Gasteiger charge is 2.23. The molecule has 1 aromatic rings. The van der Waals surface area contributed by atoms with Crippen LogP contribution in [-0.2, 0) is 6.54 Å². The topological polar surface area (TPSA) is 72.9 Å². The molecule has 3 N–H and O–H groups in total. The Morgan fingerprint density at radius 3 is 2.74 bits per heavy atom. The summed E-state index contributed by atoms with van der Waals surface area (Å²) in [7, 11) is 0. The summed E-state index contributed by atoms with van der Waals surface area (Å²) < 4.78 is 1.69. The van der Waals surface area contributed by atoms with Crippen molar-refractivity contribution in [2.45, 2.75) is 50.4 Å². The number of thioether (sulfide) groups is 1. The Balaban J connectivity index is 1.92. The fraction of sp³-hybridized carbons (Fsp3) is 0.692. The molecule has 1 aliphatic rings. The highest BCUT2D eigenvalue weighted by atomic mass is 32.2. The molecule has 0 radical (unpaired) electrons. The third-order valence-electron chi connectivity index (χ3n) is 3.67. The summed E-state index contributed by atoms with van der Waals surface area (Å²) in [4.78, 5) is 12.1. The molecular weight excluding hydrogens is 260 g/mol. The van der Waals surface area contributed by atoms with Crippen LogP contribution in [0.4, 0.5) is 5.69 Å². The van der Waals surface area contributed by atoms with Crippen molar-refractivity contribution in [3.8, 4) is 0 Å². The predicted molar refractivity (Wildman–Crippen MR) is 79.3 cm³/mol. The van der Waals surface area contributed by atoms with Gasteiger partial charge in [-0.1, -0.05) is 0 Å². The third kappa shape index (κ3) is 3.43. The Morgan fingerprint density at radius 2 is 2.21 bits per heavy atom. The molecular formula is C13H22N4OS. The predicted octanol–water partition coefficient (Wildman–Crippen LogP) is 1.89. The van der Waals surface area contributed by atoms with E-state index in [-0.39, 0.29) is 11.9 Å². The van der Waals surface area contributed by atoms with E-state index in [9.17, 15) is 4.79 Å². The molecule has 0 saturated heterocycles. The first-order valence-electron chi connectivity index (χ1n) is 6.80. The minimum atomic E-state index is -0.141. The Kier molecular flexibility index (Phi) is 4.74. The van der Waals surface area contributed by atoms with Gasteiger partial charge < -0.3 is 11.1 Å². The van der Waals surface area contributed by atoms with Gasteiger partial charge in [-0.15, -0.1) is 0 Å². The maximum absolute atomic E-state index is 12.1. The number of rotatable bonds is 4. The van der Waals surface area contributed by atoms with Crippen LogP contribution in [0.3, 0.4) is 0 Å². The lowest BCUT2D eigenvalue weighted by Crippen LogP contribution is -2.38. The second-order valence-electron chi connectivity index (χ2n) is 4.97. The van der Waals surface area contributed by atoms with Gasteiger partial charge in [-0.2, -0.15) is 16.9 Å². The van der Waals surface area contributed by atoms with Crippen LogP contribution in [0.5, 0.6) is 0 Å². The Bertz CT molecular complexity index is 438. The number of aryl methyl sites for hydroxylation is 1. The number of nitrogens with one attached hydrogen (secondary N) is 1. The first-order valence-corrected chi connectivity index (χ1v) is 8.09. The molecule has 1 heterocycles. The van der Waals surface area contributed by atoms with Crippen molar-refractivity contribution in [3.05, 3.63) is 11.9 Å². The van der Waals surface area contributed by atoms with E-state index < -0.39 is 0 Å². The monoisotopic (exact) mass is 282 g/mol. The van der Waals surface area contributed by atoms with Crippen LogP contribution in [0.1, 0.15) is 43.1 Å². The first-order chi connectivity index (χ1) is 9.13.